The molecule has 0 aliphatic carbocycles. The lowest BCUT2D eigenvalue weighted by atomic mass is 10.2. The fourth-order valence-corrected chi connectivity index (χ4v) is 2.28. The highest BCUT2D eigenvalue weighted by Gasteiger charge is 2.14. The van der Waals surface area contributed by atoms with Crippen LogP contribution in [-0.4, -0.2) is 11.5 Å². The van der Waals surface area contributed by atoms with Gasteiger partial charge >= 0.3 is 0 Å². The van der Waals surface area contributed by atoms with Crippen LogP contribution < -0.4 is 10.1 Å². The molecule has 21 heavy (non-hydrogen) atoms. The topological polar surface area (TPSA) is 64.4 Å². The maximum atomic E-state index is 11.1. The van der Waals surface area contributed by atoms with E-state index in [1.54, 1.807) is 6.07 Å². The van der Waals surface area contributed by atoms with Gasteiger partial charge in [0.1, 0.15) is 18.0 Å². The van der Waals surface area contributed by atoms with E-state index in [1.165, 1.54) is 6.07 Å². The van der Waals surface area contributed by atoms with Crippen molar-refractivity contribution < 1.29 is 9.66 Å². The molecule has 0 saturated carbocycles. The summed E-state index contributed by atoms with van der Waals surface area (Å²) in [7, 11) is 0. The van der Waals surface area contributed by atoms with Gasteiger partial charge in [0.25, 0.3) is 5.69 Å². The Morgan fingerprint density at radius 2 is 2.05 bits per heavy atom. The van der Waals surface area contributed by atoms with Crippen LogP contribution in [0, 0.1) is 10.1 Å². The number of benzene rings is 2. The van der Waals surface area contributed by atoms with Crippen LogP contribution >= 0.6 is 15.9 Å². The van der Waals surface area contributed by atoms with Gasteiger partial charge in [-0.2, -0.15) is 0 Å². The number of ether oxygens (including phenoxy) is 1. The first-order valence-corrected chi connectivity index (χ1v) is 7.29. The van der Waals surface area contributed by atoms with Crippen molar-refractivity contribution >= 4 is 27.3 Å². The molecule has 0 saturated heterocycles. The number of nitro groups is 1. The summed E-state index contributed by atoms with van der Waals surface area (Å²) in [6.45, 7) is 2.80. The van der Waals surface area contributed by atoms with Gasteiger partial charge in [-0.1, -0.05) is 18.2 Å². The fourth-order valence-electron chi connectivity index (χ4n) is 1.88. The van der Waals surface area contributed by atoms with E-state index in [-0.39, 0.29) is 17.2 Å². The van der Waals surface area contributed by atoms with Gasteiger partial charge in [0, 0.05) is 12.6 Å². The minimum absolute atomic E-state index is 0.0603. The van der Waals surface area contributed by atoms with Crippen molar-refractivity contribution in [2.75, 3.05) is 11.9 Å². The molecule has 110 valence electrons. The zero-order chi connectivity index (χ0) is 15.2. The van der Waals surface area contributed by atoms with Crippen molar-refractivity contribution in [3.05, 3.63) is 62.6 Å². The number of halogens is 1. The van der Waals surface area contributed by atoms with Crippen molar-refractivity contribution in [2.24, 2.45) is 0 Å². The Hall–Kier alpha value is -2.08. The van der Waals surface area contributed by atoms with Crippen molar-refractivity contribution in [3.63, 3.8) is 0 Å². The standard InChI is InChI=1S/C15H15BrN2O3/c1-2-17-13-8-7-11(9-14(13)18(19)20)10-21-15-6-4-3-5-12(15)16/h3-9,17H,2,10H2,1H3. The lowest BCUT2D eigenvalue weighted by Crippen LogP contribution is -2.03. The number of para-hydroxylation sites is 1. The van der Waals surface area contributed by atoms with Gasteiger partial charge in [-0.05, 0) is 46.6 Å². The Balaban J connectivity index is 2.16. The zero-order valence-electron chi connectivity index (χ0n) is 11.5. The minimum atomic E-state index is -0.389. The van der Waals surface area contributed by atoms with E-state index in [9.17, 15) is 10.1 Å². The van der Waals surface area contributed by atoms with Gasteiger partial charge in [-0.25, -0.2) is 0 Å². The molecule has 0 bridgehead atoms. The van der Waals surface area contributed by atoms with Crippen molar-refractivity contribution in [1.29, 1.82) is 0 Å². The lowest BCUT2D eigenvalue weighted by Gasteiger charge is -2.09. The normalized spacial score (nSPS) is 10.2. The molecule has 0 atom stereocenters. The smallest absolute Gasteiger partial charge is 0.292 e. The van der Waals surface area contributed by atoms with E-state index in [2.05, 4.69) is 21.2 Å². The molecule has 0 fully saturated rings. The van der Waals surface area contributed by atoms with E-state index in [0.29, 0.717) is 18.0 Å². The Labute approximate surface area is 131 Å². The van der Waals surface area contributed by atoms with Crippen LogP contribution in [0.3, 0.4) is 0 Å². The number of nitrogens with zero attached hydrogens (tertiary/aromatic N) is 1. The van der Waals surface area contributed by atoms with Crippen molar-refractivity contribution in [3.8, 4) is 5.75 Å². The van der Waals surface area contributed by atoms with Crippen LogP contribution in [0.15, 0.2) is 46.9 Å². The van der Waals surface area contributed by atoms with E-state index in [0.717, 1.165) is 10.0 Å². The minimum Gasteiger partial charge on any atom is -0.488 e. The zero-order valence-corrected chi connectivity index (χ0v) is 13.1. The molecule has 2 aromatic rings. The molecule has 2 rings (SSSR count). The molecular weight excluding hydrogens is 336 g/mol. The first-order chi connectivity index (χ1) is 10.1. The quantitative estimate of drug-likeness (QED) is 0.620. The Morgan fingerprint density at radius 3 is 2.71 bits per heavy atom. The number of anilines is 1. The highest BCUT2D eigenvalue weighted by molar-refractivity contribution is 9.10. The van der Waals surface area contributed by atoms with E-state index in [1.807, 2.05) is 37.3 Å². The van der Waals surface area contributed by atoms with Crippen LogP contribution in [0.5, 0.6) is 5.75 Å². The molecule has 0 spiro atoms. The molecule has 2 aromatic carbocycles. The monoisotopic (exact) mass is 350 g/mol. The molecule has 0 aliphatic rings. The summed E-state index contributed by atoms with van der Waals surface area (Å²) in [5.41, 5.74) is 1.33. The van der Waals surface area contributed by atoms with Gasteiger partial charge in [0.15, 0.2) is 0 Å². The molecule has 0 radical (unpaired) electrons. The van der Waals surface area contributed by atoms with Gasteiger partial charge in [0.05, 0.1) is 9.40 Å². The first kappa shape index (κ1) is 15.3. The summed E-state index contributed by atoms with van der Waals surface area (Å²) in [5.74, 6) is 0.705. The van der Waals surface area contributed by atoms with E-state index < -0.39 is 0 Å². The number of rotatable bonds is 6. The summed E-state index contributed by atoms with van der Waals surface area (Å²) in [6.07, 6.45) is 0. The molecule has 0 unspecified atom stereocenters. The third-order valence-corrected chi connectivity index (χ3v) is 3.51. The highest BCUT2D eigenvalue weighted by atomic mass is 79.9. The van der Waals surface area contributed by atoms with Crippen LogP contribution in [0.1, 0.15) is 12.5 Å². The Morgan fingerprint density at radius 1 is 1.29 bits per heavy atom. The van der Waals surface area contributed by atoms with E-state index >= 15 is 0 Å². The molecule has 6 heteroatoms. The molecule has 0 amide bonds. The van der Waals surface area contributed by atoms with Crippen LogP contribution in [0.4, 0.5) is 11.4 Å². The Bertz CT molecular complexity index is 647. The second kappa shape index (κ2) is 7.08. The fraction of sp³-hybridized carbons (Fsp3) is 0.200. The number of nitro benzene ring substituents is 1. The van der Waals surface area contributed by atoms with Gasteiger partial charge in [0.2, 0.25) is 0 Å². The summed E-state index contributed by atoms with van der Waals surface area (Å²) < 4.78 is 6.52. The summed E-state index contributed by atoms with van der Waals surface area (Å²) in [4.78, 5) is 10.7. The SMILES string of the molecule is CCNc1ccc(COc2ccccc2Br)cc1[N+](=O)[O-]. The molecule has 0 heterocycles. The molecule has 0 aromatic heterocycles. The predicted octanol–water partition coefficient (Wildman–Crippen LogP) is 4.37. The third-order valence-electron chi connectivity index (χ3n) is 2.86. The third kappa shape index (κ3) is 3.95. The highest BCUT2D eigenvalue weighted by Crippen LogP contribution is 2.28. The average molecular weight is 351 g/mol. The van der Waals surface area contributed by atoms with E-state index in [4.69, 9.17) is 4.74 Å². The van der Waals surface area contributed by atoms with Crippen LogP contribution in [0.25, 0.3) is 0 Å². The predicted molar refractivity (Wildman–Crippen MR) is 85.7 cm³/mol. The van der Waals surface area contributed by atoms with Crippen molar-refractivity contribution in [1.82, 2.24) is 0 Å². The summed E-state index contributed by atoms with van der Waals surface area (Å²) in [5, 5.41) is 14.1. The van der Waals surface area contributed by atoms with Crippen LogP contribution in [-0.2, 0) is 6.61 Å². The van der Waals surface area contributed by atoms with Gasteiger partial charge in [-0.3, -0.25) is 10.1 Å². The largest absolute Gasteiger partial charge is 0.488 e. The molecule has 1 N–H and O–H groups in total. The second-order valence-electron chi connectivity index (χ2n) is 4.36. The molecule has 0 aliphatic heterocycles. The van der Waals surface area contributed by atoms with Gasteiger partial charge < -0.3 is 10.1 Å². The van der Waals surface area contributed by atoms with Crippen molar-refractivity contribution in [2.45, 2.75) is 13.5 Å². The lowest BCUT2D eigenvalue weighted by molar-refractivity contribution is -0.384. The van der Waals surface area contributed by atoms with Crippen LogP contribution in [0.2, 0.25) is 0 Å². The van der Waals surface area contributed by atoms with Gasteiger partial charge in [-0.15, -0.1) is 0 Å². The number of nitrogens with one attached hydrogen (secondary N) is 1. The maximum absolute atomic E-state index is 11.1. The average Bonchev–Trinajstić information content (AvgIpc) is 2.47. The molecular formula is C15H15BrN2O3. The molecule has 5 nitrogen and oxygen atoms in total. The number of hydrogen-bond acceptors (Lipinski definition) is 4. The summed E-state index contributed by atoms with van der Waals surface area (Å²) >= 11 is 3.40. The number of hydrogen-bond donors (Lipinski definition) is 1. The first-order valence-electron chi connectivity index (χ1n) is 6.50. The second-order valence-corrected chi connectivity index (χ2v) is 5.21. The summed E-state index contributed by atoms with van der Waals surface area (Å²) in [6, 6.07) is 12.6. The Kier molecular flexibility index (Phi) is 5.16. The maximum Gasteiger partial charge on any atom is 0.292 e.